The molecule has 1 aromatic carbocycles. The molecule has 1 aliphatic rings. The van der Waals surface area contributed by atoms with Gasteiger partial charge in [-0.05, 0) is 45.4 Å². The summed E-state index contributed by atoms with van der Waals surface area (Å²) in [4.78, 5) is 2.01. The van der Waals surface area contributed by atoms with Crippen LogP contribution in [0, 0.1) is 5.82 Å². The Morgan fingerprint density at radius 1 is 1.21 bits per heavy atom. The van der Waals surface area contributed by atoms with Crippen LogP contribution in [-0.4, -0.2) is 29.4 Å². The van der Waals surface area contributed by atoms with Crippen LogP contribution in [0.4, 0.5) is 10.1 Å². The Morgan fingerprint density at radius 2 is 1.79 bits per heavy atom. The number of ether oxygens (including phenoxy) is 1. The lowest BCUT2D eigenvalue weighted by molar-refractivity contribution is -0.133. The largest absolute Gasteiger partial charge is 0.392 e. The van der Waals surface area contributed by atoms with Crippen LogP contribution in [-0.2, 0) is 11.3 Å². The van der Waals surface area contributed by atoms with Crippen LogP contribution in [0.25, 0.3) is 0 Å². The number of rotatable bonds is 2. The number of morpholine rings is 1. The zero-order valence-electron chi connectivity index (χ0n) is 12.0. The van der Waals surface area contributed by atoms with Gasteiger partial charge < -0.3 is 14.7 Å². The van der Waals surface area contributed by atoms with E-state index in [1.807, 2.05) is 32.6 Å². The molecular weight excluding hydrogens is 245 g/mol. The summed E-state index contributed by atoms with van der Waals surface area (Å²) in [7, 11) is 0. The van der Waals surface area contributed by atoms with Crippen molar-refractivity contribution in [2.24, 2.45) is 0 Å². The Kier molecular flexibility index (Phi) is 3.58. The summed E-state index contributed by atoms with van der Waals surface area (Å²) in [6.45, 7) is 9.21. The first-order chi connectivity index (χ1) is 8.72. The molecule has 3 nitrogen and oxygen atoms in total. The summed E-state index contributed by atoms with van der Waals surface area (Å²) in [6.07, 6.45) is 0. The summed E-state index contributed by atoms with van der Waals surface area (Å²) in [5.74, 6) is -0.292. The summed E-state index contributed by atoms with van der Waals surface area (Å²) in [6, 6.07) is 4.89. The summed E-state index contributed by atoms with van der Waals surface area (Å²) >= 11 is 0. The Balaban J connectivity index is 2.31. The van der Waals surface area contributed by atoms with Gasteiger partial charge in [-0.1, -0.05) is 6.07 Å². The predicted octanol–water partition coefficient (Wildman–Crippen LogP) is 2.71. The normalized spacial score (nSPS) is 21.5. The predicted molar refractivity (Wildman–Crippen MR) is 73.8 cm³/mol. The van der Waals surface area contributed by atoms with Gasteiger partial charge in [-0.25, -0.2) is 4.39 Å². The molecule has 0 saturated carbocycles. The quantitative estimate of drug-likeness (QED) is 0.894. The topological polar surface area (TPSA) is 32.7 Å². The van der Waals surface area contributed by atoms with Crippen molar-refractivity contribution in [2.75, 3.05) is 18.0 Å². The van der Waals surface area contributed by atoms with Gasteiger partial charge in [0.2, 0.25) is 0 Å². The number of aliphatic hydroxyl groups is 1. The van der Waals surface area contributed by atoms with Gasteiger partial charge in [-0.15, -0.1) is 0 Å². The molecule has 1 saturated heterocycles. The van der Waals surface area contributed by atoms with Crippen LogP contribution in [0.3, 0.4) is 0 Å². The molecule has 0 radical (unpaired) electrons. The lowest BCUT2D eigenvalue weighted by Crippen LogP contribution is -2.57. The first kappa shape index (κ1) is 14.3. The molecule has 4 heteroatoms. The van der Waals surface area contributed by atoms with E-state index in [4.69, 9.17) is 9.84 Å². The molecule has 0 atom stereocenters. The smallest absolute Gasteiger partial charge is 0.146 e. The molecule has 1 fully saturated rings. The first-order valence-corrected chi connectivity index (χ1v) is 6.57. The van der Waals surface area contributed by atoms with Crippen molar-refractivity contribution in [3.63, 3.8) is 0 Å². The third kappa shape index (κ3) is 3.25. The van der Waals surface area contributed by atoms with Crippen molar-refractivity contribution >= 4 is 5.69 Å². The van der Waals surface area contributed by atoms with Gasteiger partial charge in [-0.2, -0.15) is 0 Å². The lowest BCUT2D eigenvalue weighted by Gasteiger charge is -2.48. The summed E-state index contributed by atoms with van der Waals surface area (Å²) in [5, 5.41) is 9.03. The minimum Gasteiger partial charge on any atom is -0.392 e. The van der Waals surface area contributed by atoms with Gasteiger partial charge in [0.15, 0.2) is 0 Å². The fourth-order valence-electron chi connectivity index (χ4n) is 2.86. The second-order valence-corrected chi connectivity index (χ2v) is 6.42. The molecule has 0 bridgehead atoms. The average Bonchev–Trinajstić information content (AvgIpc) is 2.24. The molecular formula is C15H22FNO2. The van der Waals surface area contributed by atoms with E-state index in [9.17, 15) is 4.39 Å². The second-order valence-electron chi connectivity index (χ2n) is 6.42. The van der Waals surface area contributed by atoms with Gasteiger partial charge in [0.05, 0.1) is 23.5 Å². The van der Waals surface area contributed by atoms with E-state index in [0.29, 0.717) is 24.3 Å². The minimum absolute atomic E-state index is 0.142. The van der Waals surface area contributed by atoms with Crippen LogP contribution in [0.15, 0.2) is 18.2 Å². The molecule has 1 aliphatic heterocycles. The average molecular weight is 267 g/mol. The van der Waals surface area contributed by atoms with Crippen LogP contribution in [0.1, 0.15) is 33.3 Å². The number of anilines is 1. The van der Waals surface area contributed by atoms with E-state index >= 15 is 0 Å². The molecule has 106 valence electrons. The van der Waals surface area contributed by atoms with Gasteiger partial charge in [0.1, 0.15) is 5.82 Å². The van der Waals surface area contributed by atoms with Crippen molar-refractivity contribution in [2.45, 2.75) is 45.5 Å². The number of benzene rings is 1. The zero-order valence-corrected chi connectivity index (χ0v) is 12.0. The Hall–Kier alpha value is -1.13. The van der Waals surface area contributed by atoms with E-state index < -0.39 is 0 Å². The van der Waals surface area contributed by atoms with Crippen molar-refractivity contribution in [3.05, 3.63) is 29.6 Å². The third-order valence-corrected chi connectivity index (χ3v) is 3.23. The minimum atomic E-state index is -0.316. The third-order valence-electron chi connectivity index (χ3n) is 3.23. The highest BCUT2D eigenvalue weighted by Crippen LogP contribution is 2.32. The SMILES string of the molecule is CC1(C)CN(c2ccc(CO)cc2F)CC(C)(C)O1. The fraction of sp³-hybridized carbons (Fsp3) is 0.600. The molecule has 1 heterocycles. The number of hydrogen-bond acceptors (Lipinski definition) is 3. The van der Waals surface area contributed by atoms with E-state index in [1.54, 1.807) is 12.1 Å². The molecule has 0 spiro atoms. The van der Waals surface area contributed by atoms with E-state index in [-0.39, 0.29) is 23.6 Å². The Bertz CT molecular complexity index is 455. The second kappa shape index (κ2) is 4.76. The highest BCUT2D eigenvalue weighted by Gasteiger charge is 2.38. The van der Waals surface area contributed by atoms with Crippen molar-refractivity contribution < 1.29 is 14.2 Å². The Labute approximate surface area is 114 Å². The molecule has 2 rings (SSSR count). The molecule has 1 aromatic rings. The van der Waals surface area contributed by atoms with Gasteiger partial charge in [0, 0.05) is 13.1 Å². The molecule has 0 aliphatic carbocycles. The van der Waals surface area contributed by atoms with E-state index in [1.165, 1.54) is 6.07 Å². The number of hydrogen-bond donors (Lipinski definition) is 1. The maximum atomic E-state index is 14.1. The van der Waals surface area contributed by atoms with Crippen molar-refractivity contribution in [3.8, 4) is 0 Å². The number of halogens is 1. The molecule has 1 N–H and O–H groups in total. The van der Waals surface area contributed by atoms with Gasteiger partial charge in [-0.3, -0.25) is 0 Å². The fourth-order valence-corrected chi connectivity index (χ4v) is 2.86. The molecule has 0 aromatic heterocycles. The standard InChI is InChI=1S/C15H22FNO2/c1-14(2)9-17(10-15(3,4)19-14)13-6-5-11(8-18)7-12(13)16/h5-7,18H,8-10H2,1-4H3. The number of nitrogens with zero attached hydrogens (tertiary/aromatic N) is 1. The van der Waals surface area contributed by atoms with Crippen molar-refractivity contribution in [1.82, 2.24) is 0 Å². The molecule has 19 heavy (non-hydrogen) atoms. The van der Waals surface area contributed by atoms with Crippen LogP contribution >= 0.6 is 0 Å². The lowest BCUT2D eigenvalue weighted by atomic mass is 9.98. The van der Waals surface area contributed by atoms with Gasteiger partial charge >= 0.3 is 0 Å². The van der Waals surface area contributed by atoms with E-state index in [2.05, 4.69) is 0 Å². The highest BCUT2D eigenvalue weighted by atomic mass is 19.1. The van der Waals surface area contributed by atoms with Crippen LogP contribution in [0.5, 0.6) is 0 Å². The van der Waals surface area contributed by atoms with Crippen LogP contribution < -0.4 is 4.90 Å². The summed E-state index contributed by atoms with van der Waals surface area (Å²) < 4.78 is 20.1. The van der Waals surface area contributed by atoms with Crippen molar-refractivity contribution in [1.29, 1.82) is 0 Å². The maximum Gasteiger partial charge on any atom is 0.146 e. The van der Waals surface area contributed by atoms with E-state index in [0.717, 1.165) is 0 Å². The molecule has 0 amide bonds. The Morgan fingerprint density at radius 3 is 2.26 bits per heavy atom. The van der Waals surface area contributed by atoms with Crippen LogP contribution in [0.2, 0.25) is 0 Å². The monoisotopic (exact) mass is 267 g/mol. The highest BCUT2D eigenvalue weighted by molar-refractivity contribution is 5.50. The number of aliphatic hydroxyl groups excluding tert-OH is 1. The first-order valence-electron chi connectivity index (χ1n) is 6.57. The molecule has 0 unspecified atom stereocenters. The van der Waals surface area contributed by atoms with Gasteiger partial charge in [0.25, 0.3) is 0 Å². The maximum absolute atomic E-state index is 14.1. The zero-order chi connectivity index (χ0) is 14.3. The summed E-state index contributed by atoms with van der Waals surface area (Å²) in [5.41, 5.74) is 0.530.